The van der Waals surface area contributed by atoms with E-state index < -0.39 is 18.8 Å². The predicted molar refractivity (Wildman–Crippen MR) is 97.8 cm³/mol. The summed E-state index contributed by atoms with van der Waals surface area (Å²) < 4.78 is 47.0. The maximum absolute atomic E-state index is 12.4. The number of aromatic amines is 1. The number of amides is 2. The van der Waals surface area contributed by atoms with Crippen molar-refractivity contribution in [2.24, 2.45) is 0 Å². The smallest absolute Gasteiger partial charge is 0.422 e. The van der Waals surface area contributed by atoms with E-state index in [4.69, 9.17) is 20.8 Å². The van der Waals surface area contributed by atoms with Gasteiger partial charge in [0.1, 0.15) is 11.6 Å². The van der Waals surface area contributed by atoms with Crippen molar-refractivity contribution >= 4 is 23.3 Å². The molecule has 0 saturated carbocycles. The van der Waals surface area contributed by atoms with Gasteiger partial charge in [0.15, 0.2) is 12.4 Å². The highest BCUT2D eigenvalue weighted by Crippen LogP contribution is 2.29. The summed E-state index contributed by atoms with van der Waals surface area (Å²) in [5.41, 5.74) is 0.0130. The fourth-order valence-electron chi connectivity index (χ4n) is 2.27. The molecule has 12 heteroatoms. The first kappa shape index (κ1) is 20.5. The number of benzene rings is 1. The molecule has 0 aliphatic rings. The zero-order valence-electron chi connectivity index (χ0n) is 14.7. The largest absolute Gasteiger partial charge is 0.482 e. The molecular formula is C17H15ClF3N5O3. The fourth-order valence-corrected chi connectivity index (χ4v) is 2.44. The number of halogens is 4. The van der Waals surface area contributed by atoms with Crippen LogP contribution in [0.15, 0.2) is 41.0 Å². The van der Waals surface area contributed by atoms with Crippen LogP contribution in [0, 0.1) is 0 Å². The van der Waals surface area contributed by atoms with E-state index in [0.717, 1.165) is 0 Å². The number of hydrogen-bond donors (Lipinski definition) is 3. The molecular weight excluding hydrogens is 415 g/mol. The van der Waals surface area contributed by atoms with Gasteiger partial charge in [-0.15, -0.1) is 0 Å². The molecule has 1 aromatic carbocycles. The number of aromatic nitrogens is 3. The molecule has 0 spiro atoms. The molecule has 2 heterocycles. The molecule has 3 aromatic rings. The highest BCUT2D eigenvalue weighted by Gasteiger charge is 2.29. The first-order valence-corrected chi connectivity index (χ1v) is 8.67. The van der Waals surface area contributed by atoms with E-state index in [2.05, 4.69) is 25.8 Å². The molecule has 3 rings (SSSR count). The first-order chi connectivity index (χ1) is 13.8. The zero-order chi connectivity index (χ0) is 20.9. The molecule has 154 valence electrons. The highest BCUT2D eigenvalue weighted by atomic mass is 35.5. The second-order valence-electron chi connectivity index (χ2n) is 5.76. The first-order valence-electron chi connectivity index (χ1n) is 8.29. The standard InChI is InChI=1S/C17H15ClF3N5O3/c18-10-3-4-12(29-9-17(19,20)21)11(8-10)23-16(27)22-6-5-14-24-15(26-25-14)13-2-1-7-28-13/h1-4,7-8H,5-6,9H2,(H2,22,23,27)(H,24,25,26). The number of nitrogens with zero attached hydrogens (tertiary/aromatic N) is 2. The Labute approximate surface area is 167 Å². The molecule has 8 nitrogen and oxygen atoms in total. The second kappa shape index (κ2) is 8.86. The van der Waals surface area contributed by atoms with Crippen LogP contribution in [-0.2, 0) is 6.42 Å². The van der Waals surface area contributed by atoms with Gasteiger partial charge in [0, 0.05) is 18.0 Å². The number of rotatable bonds is 7. The number of carbonyl (C=O) groups excluding carboxylic acids is 1. The van der Waals surface area contributed by atoms with Gasteiger partial charge in [-0.25, -0.2) is 9.78 Å². The number of alkyl halides is 3. The molecule has 0 radical (unpaired) electrons. The van der Waals surface area contributed by atoms with Crippen molar-refractivity contribution in [3.8, 4) is 17.3 Å². The molecule has 2 aromatic heterocycles. The Bertz CT molecular complexity index is 960. The Balaban J connectivity index is 1.52. The van der Waals surface area contributed by atoms with E-state index in [1.165, 1.54) is 24.5 Å². The number of anilines is 1. The van der Waals surface area contributed by atoms with E-state index >= 15 is 0 Å². The van der Waals surface area contributed by atoms with Crippen LogP contribution in [0.4, 0.5) is 23.7 Å². The lowest BCUT2D eigenvalue weighted by atomic mass is 10.3. The van der Waals surface area contributed by atoms with E-state index in [9.17, 15) is 18.0 Å². The molecule has 0 aliphatic heterocycles. The van der Waals surface area contributed by atoms with Crippen molar-refractivity contribution in [1.82, 2.24) is 20.5 Å². The minimum Gasteiger partial charge on any atom is -0.482 e. The van der Waals surface area contributed by atoms with Gasteiger partial charge in [0.25, 0.3) is 0 Å². The third kappa shape index (κ3) is 6.14. The molecule has 0 bridgehead atoms. The number of carbonyl (C=O) groups is 1. The maximum Gasteiger partial charge on any atom is 0.422 e. The summed E-state index contributed by atoms with van der Waals surface area (Å²) in [7, 11) is 0. The number of furan rings is 1. The van der Waals surface area contributed by atoms with E-state index in [0.29, 0.717) is 23.8 Å². The number of ether oxygens (including phenoxy) is 1. The Morgan fingerprint density at radius 3 is 2.86 bits per heavy atom. The van der Waals surface area contributed by atoms with E-state index in [-0.39, 0.29) is 23.0 Å². The van der Waals surface area contributed by atoms with Gasteiger partial charge in [-0.1, -0.05) is 11.6 Å². The lowest BCUT2D eigenvalue weighted by Crippen LogP contribution is -2.31. The summed E-state index contributed by atoms with van der Waals surface area (Å²) in [6.07, 6.45) is -2.67. The normalized spacial score (nSPS) is 11.3. The number of H-pyrrole nitrogens is 1. The van der Waals surface area contributed by atoms with Gasteiger partial charge >= 0.3 is 12.2 Å². The van der Waals surface area contributed by atoms with Gasteiger partial charge < -0.3 is 19.8 Å². The van der Waals surface area contributed by atoms with Gasteiger partial charge in [-0.2, -0.15) is 18.3 Å². The third-order valence-electron chi connectivity index (χ3n) is 3.50. The fraction of sp³-hybridized carbons (Fsp3) is 0.235. The number of hydrogen-bond acceptors (Lipinski definition) is 5. The number of urea groups is 1. The van der Waals surface area contributed by atoms with Crippen molar-refractivity contribution in [2.75, 3.05) is 18.5 Å². The Morgan fingerprint density at radius 2 is 2.14 bits per heavy atom. The summed E-state index contributed by atoms with van der Waals surface area (Å²) in [5, 5.41) is 11.9. The Morgan fingerprint density at radius 1 is 1.31 bits per heavy atom. The lowest BCUT2D eigenvalue weighted by Gasteiger charge is -2.14. The van der Waals surface area contributed by atoms with Crippen LogP contribution in [0.25, 0.3) is 11.6 Å². The summed E-state index contributed by atoms with van der Waals surface area (Å²) in [5.74, 6) is 1.26. The molecule has 0 atom stereocenters. The van der Waals surface area contributed by atoms with Gasteiger partial charge in [0.2, 0.25) is 5.82 Å². The summed E-state index contributed by atoms with van der Waals surface area (Å²) in [6.45, 7) is -1.30. The van der Waals surface area contributed by atoms with Crippen LogP contribution in [0.3, 0.4) is 0 Å². The number of nitrogens with one attached hydrogen (secondary N) is 3. The van der Waals surface area contributed by atoms with Crippen molar-refractivity contribution in [3.05, 3.63) is 47.4 Å². The summed E-state index contributed by atoms with van der Waals surface area (Å²) in [4.78, 5) is 16.3. The summed E-state index contributed by atoms with van der Waals surface area (Å²) >= 11 is 5.84. The van der Waals surface area contributed by atoms with Gasteiger partial charge in [0.05, 0.1) is 12.0 Å². The lowest BCUT2D eigenvalue weighted by molar-refractivity contribution is -0.153. The van der Waals surface area contributed by atoms with E-state index in [1.54, 1.807) is 12.1 Å². The maximum atomic E-state index is 12.4. The average molecular weight is 430 g/mol. The highest BCUT2D eigenvalue weighted by molar-refractivity contribution is 6.31. The molecule has 0 fully saturated rings. The molecule has 3 N–H and O–H groups in total. The van der Waals surface area contributed by atoms with Crippen molar-refractivity contribution < 1.29 is 27.1 Å². The van der Waals surface area contributed by atoms with Gasteiger partial charge in [-0.05, 0) is 30.3 Å². The van der Waals surface area contributed by atoms with Crippen LogP contribution in [0.1, 0.15) is 5.82 Å². The zero-order valence-corrected chi connectivity index (χ0v) is 15.5. The average Bonchev–Trinajstić information content (AvgIpc) is 3.32. The molecule has 0 saturated heterocycles. The third-order valence-corrected chi connectivity index (χ3v) is 3.74. The molecule has 29 heavy (non-hydrogen) atoms. The topological polar surface area (TPSA) is 105 Å². The minimum atomic E-state index is -4.51. The van der Waals surface area contributed by atoms with Crippen LogP contribution < -0.4 is 15.4 Å². The van der Waals surface area contributed by atoms with Crippen LogP contribution in [0.5, 0.6) is 5.75 Å². The van der Waals surface area contributed by atoms with Crippen molar-refractivity contribution in [2.45, 2.75) is 12.6 Å². The van der Waals surface area contributed by atoms with E-state index in [1.807, 2.05) is 0 Å². The minimum absolute atomic E-state index is 0.0130. The van der Waals surface area contributed by atoms with Gasteiger partial charge in [-0.3, -0.25) is 5.10 Å². The van der Waals surface area contributed by atoms with Crippen molar-refractivity contribution in [1.29, 1.82) is 0 Å². The Hall–Kier alpha value is -3.21. The summed E-state index contributed by atoms with van der Waals surface area (Å²) in [6, 6.07) is 6.67. The SMILES string of the molecule is O=C(NCCc1nc(-c2ccco2)n[nH]1)Nc1cc(Cl)ccc1OCC(F)(F)F. The van der Waals surface area contributed by atoms with Crippen molar-refractivity contribution in [3.63, 3.8) is 0 Å². The predicted octanol–water partition coefficient (Wildman–Crippen LogP) is 4.02. The molecule has 0 unspecified atom stereocenters. The Kier molecular flexibility index (Phi) is 6.27. The monoisotopic (exact) mass is 429 g/mol. The second-order valence-corrected chi connectivity index (χ2v) is 6.19. The van der Waals surface area contributed by atoms with Crippen LogP contribution in [0.2, 0.25) is 5.02 Å². The molecule has 0 aliphatic carbocycles. The quantitative estimate of drug-likeness (QED) is 0.526. The molecule has 2 amide bonds. The van der Waals surface area contributed by atoms with Crippen LogP contribution in [-0.4, -0.2) is 40.5 Å². The van der Waals surface area contributed by atoms with Crippen LogP contribution >= 0.6 is 11.6 Å².